The molecule has 4 heteroatoms. The van der Waals surface area contributed by atoms with E-state index < -0.39 is 5.95 Å². The van der Waals surface area contributed by atoms with E-state index in [1.54, 1.807) is 18.3 Å². The SMILES string of the molecule is CCc1ccc(Nc2cccc(F)n2)cn1. The molecule has 0 aromatic carbocycles. The number of nitrogens with zero attached hydrogens (tertiary/aromatic N) is 2. The zero-order chi connectivity index (χ0) is 11.4. The first-order valence-electron chi connectivity index (χ1n) is 5.12. The standard InChI is InChI=1S/C12H12FN3/c1-2-9-6-7-10(8-14-9)15-12-5-3-4-11(13)16-12/h3-8H,2H2,1H3,(H,15,16). The minimum Gasteiger partial charge on any atom is -0.339 e. The van der Waals surface area contributed by atoms with Gasteiger partial charge in [0.15, 0.2) is 0 Å². The molecule has 0 saturated heterocycles. The van der Waals surface area contributed by atoms with Gasteiger partial charge < -0.3 is 5.32 Å². The van der Waals surface area contributed by atoms with Crippen molar-refractivity contribution >= 4 is 11.5 Å². The molecule has 0 fully saturated rings. The molecule has 16 heavy (non-hydrogen) atoms. The van der Waals surface area contributed by atoms with Crippen molar-refractivity contribution in [3.05, 3.63) is 48.2 Å². The summed E-state index contributed by atoms with van der Waals surface area (Å²) in [4.78, 5) is 7.94. The maximum Gasteiger partial charge on any atom is 0.214 e. The second kappa shape index (κ2) is 4.70. The summed E-state index contributed by atoms with van der Waals surface area (Å²) in [5.41, 5.74) is 1.83. The van der Waals surface area contributed by atoms with Gasteiger partial charge in [-0.05, 0) is 30.7 Å². The minimum atomic E-state index is -0.497. The van der Waals surface area contributed by atoms with Gasteiger partial charge in [0.25, 0.3) is 0 Å². The number of anilines is 2. The van der Waals surface area contributed by atoms with E-state index in [0.717, 1.165) is 17.8 Å². The summed E-state index contributed by atoms with van der Waals surface area (Å²) in [5.74, 6) is -0.0193. The van der Waals surface area contributed by atoms with E-state index in [1.165, 1.54) is 6.07 Å². The average Bonchev–Trinajstić information content (AvgIpc) is 2.30. The summed E-state index contributed by atoms with van der Waals surface area (Å²) in [5, 5.41) is 2.98. The lowest BCUT2D eigenvalue weighted by Crippen LogP contribution is -1.96. The van der Waals surface area contributed by atoms with Crippen molar-refractivity contribution in [3.63, 3.8) is 0 Å². The van der Waals surface area contributed by atoms with E-state index in [9.17, 15) is 4.39 Å². The average molecular weight is 217 g/mol. The van der Waals surface area contributed by atoms with Gasteiger partial charge in [-0.25, -0.2) is 4.98 Å². The molecular weight excluding hydrogens is 205 g/mol. The Balaban J connectivity index is 2.14. The Morgan fingerprint density at radius 2 is 2.12 bits per heavy atom. The minimum absolute atomic E-state index is 0.478. The van der Waals surface area contributed by atoms with Crippen LogP contribution in [0, 0.1) is 5.95 Å². The Morgan fingerprint density at radius 1 is 1.25 bits per heavy atom. The fourth-order valence-electron chi connectivity index (χ4n) is 1.33. The molecule has 0 bridgehead atoms. The van der Waals surface area contributed by atoms with Crippen LogP contribution in [0.3, 0.4) is 0 Å². The predicted molar refractivity (Wildman–Crippen MR) is 61.1 cm³/mol. The molecule has 3 nitrogen and oxygen atoms in total. The molecular formula is C12H12FN3. The largest absolute Gasteiger partial charge is 0.339 e. The molecule has 0 aliphatic carbocycles. The summed E-state index contributed by atoms with van der Waals surface area (Å²) in [6.45, 7) is 2.05. The fraction of sp³-hybridized carbons (Fsp3) is 0.167. The van der Waals surface area contributed by atoms with Crippen molar-refractivity contribution in [2.24, 2.45) is 0 Å². The quantitative estimate of drug-likeness (QED) is 0.803. The van der Waals surface area contributed by atoms with Gasteiger partial charge in [0.05, 0.1) is 11.9 Å². The Morgan fingerprint density at radius 3 is 2.75 bits per heavy atom. The van der Waals surface area contributed by atoms with E-state index in [2.05, 4.69) is 15.3 Å². The van der Waals surface area contributed by atoms with Gasteiger partial charge in [0.1, 0.15) is 5.82 Å². The van der Waals surface area contributed by atoms with Gasteiger partial charge in [-0.3, -0.25) is 4.98 Å². The zero-order valence-corrected chi connectivity index (χ0v) is 8.94. The number of nitrogens with one attached hydrogen (secondary N) is 1. The fourth-order valence-corrected chi connectivity index (χ4v) is 1.33. The summed E-state index contributed by atoms with van der Waals surface area (Å²) >= 11 is 0. The zero-order valence-electron chi connectivity index (χ0n) is 8.94. The first-order chi connectivity index (χ1) is 7.78. The van der Waals surface area contributed by atoms with Gasteiger partial charge in [0.2, 0.25) is 5.95 Å². The molecule has 0 radical (unpaired) electrons. The molecule has 82 valence electrons. The normalized spacial score (nSPS) is 10.1. The van der Waals surface area contributed by atoms with Crippen molar-refractivity contribution in [2.45, 2.75) is 13.3 Å². The third-order valence-corrected chi connectivity index (χ3v) is 2.17. The van der Waals surface area contributed by atoms with Gasteiger partial charge in [-0.2, -0.15) is 4.39 Å². The highest BCUT2D eigenvalue weighted by molar-refractivity contribution is 5.54. The molecule has 2 rings (SSSR count). The number of rotatable bonds is 3. The molecule has 0 amide bonds. The van der Waals surface area contributed by atoms with E-state index in [1.807, 2.05) is 19.1 Å². The molecule has 2 heterocycles. The maximum absolute atomic E-state index is 12.8. The van der Waals surface area contributed by atoms with Crippen LogP contribution in [0.25, 0.3) is 0 Å². The highest BCUT2D eigenvalue weighted by Gasteiger charge is 1.98. The smallest absolute Gasteiger partial charge is 0.214 e. The summed E-state index contributed by atoms with van der Waals surface area (Å²) in [6.07, 6.45) is 2.61. The van der Waals surface area contributed by atoms with Crippen LogP contribution in [0.1, 0.15) is 12.6 Å². The van der Waals surface area contributed by atoms with Crippen LogP contribution in [0.2, 0.25) is 0 Å². The van der Waals surface area contributed by atoms with Crippen molar-refractivity contribution in [1.29, 1.82) is 0 Å². The lowest BCUT2D eigenvalue weighted by Gasteiger charge is -2.05. The van der Waals surface area contributed by atoms with E-state index in [-0.39, 0.29) is 0 Å². The van der Waals surface area contributed by atoms with Crippen molar-refractivity contribution in [3.8, 4) is 0 Å². The number of aryl methyl sites for hydroxylation is 1. The van der Waals surface area contributed by atoms with Crippen LogP contribution in [-0.4, -0.2) is 9.97 Å². The first kappa shape index (κ1) is 10.5. The molecule has 2 aromatic rings. The van der Waals surface area contributed by atoms with Crippen molar-refractivity contribution in [1.82, 2.24) is 9.97 Å². The Hall–Kier alpha value is -1.97. The molecule has 0 atom stereocenters. The van der Waals surface area contributed by atoms with Crippen LogP contribution in [0.4, 0.5) is 15.9 Å². The van der Waals surface area contributed by atoms with E-state index in [0.29, 0.717) is 5.82 Å². The number of aromatic nitrogens is 2. The van der Waals surface area contributed by atoms with Crippen LogP contribution in [0.5, 0.6) is 0 Å². The van der Waals surface area contributed by atoms with Crippen LogP contribution in [0.15, 0.2) is 36.5 Å². The Labute approximate surface area is 93.4 Å². The molecule has 0 aliphatic heterocycles. The van der Waals surface area contributed by atoms with Crippen LogP contribution >= 0.6 is 0 Å². The van der Waals surface area contributed by atoms with Crippen LogP contribution in [-0.2, 0) is 6.42 Å². The lowest BCUT2D eigenvalue weighted by atomic mass is 10.3. The predicted octanol–water partition coefficient (Wildman–Crippen LogP) is 2.92. The number of halogens is 1. The first-order valence-corrected chi connectivity index (χ1v) is 5.12. The Bertz CT molecular complexity index is 468. The molecule has 2 aromatic heterocycles. The number of hydrogen-bond acceptors (Lipinski definition) is 3. The molecule has 0 unspecified atom stereocenters. The molecule has 0 aliphatic rings. The third kappa shape index (κ3) is 2.53. The number of hydrogen-bond donors (Lipinski definition) is 1. The van der Waals surface area contributed by atoms with Crippen LogP contribution < -0.4 is 5.32 Å². The van der Waals surface area contributed by atoms with E-state index >= 15 is 0 Å². The molecule has 1 N–H and O–H groups in total. The second-order valence-corrected chi connectivity index (χ2v) is 3.36. The van der Waals surface area contributed by atoms with E-state index in [4.69, 9.17) is 0 Å². The lowest BCUT2D eigenvalue weighted by molar-refractivity contribution is 0.585. The van der Waals surface area contributed by atoms with Gasteiger partial charge >= 0.3 is 0 Å². The van der Waals surface area contributed by atoms with Crippen molar-refractivity contribution < 1.29 is 4.39 Å². The highest BCUT2D eigenvalue weighted by Crippen LogP contribution is 2.13. The summed E-state index contributed by atoms with van der Waals surface area (Å²) < 4.78 is 12.8. The maximum atomic E-state index is 12.8. The van der Waals surface area contributed by atoms with Gasteiger partial charge in [-0.1, -0.05) is 13.0 Å². The van der Waals surface area contributed by atoms with Gasteiger partial charge in [-0.15, -0.1) is 0 Å². The second-order valence-electron chi connectivity index (χ2n) is 3.36. The monoisotopic (exact) mass is 217 g/mol. The number of pyridine rings is 2. The molecule has 0 saturated carbocycles. The Kier molecular flexibility index (Phi) is 3.10. The topological polar surface area (TPSA) is 37.8 Å². The summed E-state index contributed by atoms with van der Waals surface area (Å²) in [7, 11) is 0. The highest BCUT2D eigenvalue weighted by atomic mass is 19.1. The molecule has 0 spiro atoms. The summed E-state index contributed by atoms with van der Waals surface area (Å²) in [6, 6.07) is 8.46. The third-order valence-electron chi connectivity index (χ3n) is 2.17. The van der Waals surface area contributed by atoms with Crippen molar-refractivity contribution in [2.75, 3.05) is 5.32 Å². The van der Waals surface area contributed by atoms with Gasteiger partial charge in [0, 0.05) is 5.69 Å².